The van der Waals surface area contributed by atoms with Crippen LogP contribution < -0.4 is 0 Å². The van der Waals surface area contributed by atoms with Gasteiger partial charge in [0.25, 0.3) is 0 Å². The fourth-order valence-electron chi connectivity index (χ4n) is 2.77. The van der Waals surface area contributed by atoms with Crippen molar-refractivity contribution in [1.82, 2.24) is 0 Å². The van der Waals surface area contributed by atoms with E-state index in [-0.39, 0.29) is 0 Å². The van der Waals surface area contributed by atoms with Crippen LogP contribution in [0.2, 0.25) is 0 Å². The lowest BCUT2D eigenvalue weighted by Gasteiger charge is -2.33. The van der Waals surface area contributed by atoms with Crippen LogP contribution in [0.25, 0.3) is 0 Å². The SMILES string of the molecule is CCCOCCC1CC(CCC)CCC1Br. The van der Waals surface area contributed by atoms with Crippen LogP contribution in [0.15, 0.2) is 0 Å². The first kappa shape index (κ1) is 14.5. The molecule has 3 unspecified atom stereocenters. The Kier molecular flexibility index (Phi) is 7.72. The highest BCUT2D eigenvalue weighted by Gasteiger charge is 2.27. The first-order chi connectivity index (χ1) is 7.77. The van der Waals surface area contributed by atoms with Gasteiger partial charge in [0.05, 0.1) is 0 Å². The normalized spacial score (nSPS) is 30.6. The van der Waals surface area contributed by atoms with E-state index in [1.807, 2.05) is 0 Å². The molecule has 1 aliphatic carbocycles. The minimum atomic E-state index is 0.742. The van der Waals surface area contributed by atoms with E-state index >= 15 is 0 Å². The van der Waals surface area contributed by atoms with Crippen molar-refractivity contribution in [3.05, 3.63) is 0 Å². The Morgan fingerprint density at radius 2 is 1.88 bits per heavy atom. The molecule has 0 heterocycles. The Bertz CT molecular complexity index is 172. The lowest BCUT2D eigenvalue weighted by molar-refractivity contribution is 0.109. The topological polar surface area (TPSA) is 9.23 Å². The van der Waals surface area contributed by atoms with Gasteiger partial charge in [0.15, 0.2) is 0 Å². The molecule has 0 saturated heterocycles. The molecule has 0 amide bonds. The molecule has 1 saturated carbocycles. The highest BCUT2D eigenvalue weighted by molar-refractivity contribution is 9.09. The van der Waals surface area contributed by atoms with Gasteiger partial charge in [0, 0.05) is 18.0 Å². The van der Waals surface area contributed by atoms with Crippen LogP contribution in [0.3, 0.4) is 0 Å². The summed E-state index contributed by atoms with van der Waals surface area (Å²) in [6, 6.07) is 0. The number of ether oxygens (including phenoxy) is 1. The molecule has 0 N–H and O–H groups in total. The van der Waals surface area contributed by atoms with Crippen molar-refractivity contribution < 1.29 is 4.74 Å². The van der Waals surface area contributed by atoms with Crippen molar-refractivity contribution >= 4 is 15.9 Å². The van der Waals surface area contributed by atoms with E-state index in [0.717, 1.165) is 36.3 Å². The molecule has 1 nitrogen and oxygen atoms in total. The molecular formula is C14H27BrO. The van der Waals surface area contributed by atoms with Crippen LogP contribution in [0, 0.1) is 11.8 Å². The third kappa shape index (κ3) is 5.18. The Labute approximate surface area is 109 Å². The average Bonchev–Trinajstić information content (AvgIpc) is 2.29. The highest BCUT2D eigenvalue weighted by atomic mass is 79.9. The monoisotopic (exact) mass is 290 g/mol. The summed E-state index contributed by atoms with van der Waals surface area (Å²) < 4.78 is 5.61. The molecule has 1 aliphatic rings. The number of rotatable bonds is 7. The molecule has 96 valence electrons. The molecular weight excluding hydrogens is 264 g/mol. The summed E-state index contributed by atoms with van der Waals surface area (Å²) in [6.45, 7) is 6.36. The zero-order chi connectivity index (χ0) is 11.8. The van der Waals surface area contributed by atoms with E-state index in [4.69, 9.17) is 4.74 Å². The summed E-state index contributed by atoms with van der Waals surface area (Å²) in [5, 5.41) is 0. The maximum absolute atomic E-state index is 5.61. The molecule has 0 aromatic heterocycles. The van der Waals surface area contributed by atoms with Gasteiger partial charge < -0.3 is 4.74 Å². The van der Waals surface area contributed by atoms with Gasteiger partial charge in [0.2, 0.25) is 0 Å². The summed E-state index contributed by atoms with van der Waals surface area (Å²) in [7, 11) is 0. The number of hydrogen-bond acceptors (Lipinski definition) is 1. The summed E-state index contributed by atoms with van der Waals surface area (Å²) in [5.41, 5.74) is 0. The molecule has 16 heavy (non-hydrogen) atoms. The summed E-state index contributed by atoms with van der Waals surface area (Å²) in [4.78, 5) is 0.742. The second-order valence-electron chi connectivity index (χ2n) is 5.14. The van der Waals surface area contributed by atoms with E-state index in [9.17, 15) is 0 Å². The minimum absolute atomic E-state index is 0.742. The van der Waals surface area contributed by atoms with Crippen LogP contribution in [0.5, 0.6) is 0 Å². The van der Waals surface area contributed by atoms with E-state index in [0.29, 0.717) is 0 Å². The lowest BCUT2D eigenvalue weighted by atomic mass is 9.78. The zero-order valence-corrected chi connectivity index (χ0v) is 12.5. The zero-order valence-electron chi connectivity index (χ0n) is 10.9. The first-order valence-electron chi connectivity index (χ1n) is 6.99. The molecule has 1 fully saturated rings. The molecule has 0 spiro atoms. The van der Waals surface area contributed by atoms with Gasteiger partial charge in [-0.1, -0.05) is 42.6 Å². The third-order valence-electron chi connectivity index (χ3n) is 3.68. The van der Waals surface area contributed by atoms with Crippen molar-refractivity contribution in [1.29, 1.82) is 0 Å². The van der Waals surface area contributed by atoms with Gasteiger partial charge >= 0.3 is 0 Å². The van der Waals surface area contributed by atoms with Crippen molar-refractivity contribution in [3.8, 4) is 0 Å². The Balaban J connectivity index is 2.21. The average molecular weight is 291 g/mol. The summed E-state index contributed by atoms with van der Waals surface area (Å²) >= 11 is 3.85. The maximum atomic E-state index is 5.61. The van der Waals surface area contributed by atoms with Crippen LogP contribution in [-0.4, -0.2) is 18.0 Å². The molecule has 0 aliphatic heterocycles. The van der Waals surface area contributed by atoms with E-state index in [2.05, 4.69) is 29.8 Å². The van der Waals surface area contributed by atoms with E-state index < -0.39 is 0 Å². The van der Waals surface area contributed by atoms with Crippen LogP contribution >= 0.6 is 15.9 Å². The fourth-order valence-corrected chi connectivity index (χ4v) is 3.52. The molecule has 0 aromatic rings. The lowest BCUT2D eigenvalue weighted by Crippen LogP contribution is -2.26. The second kappa shape index (κ2) is 8.52. The minimum Gasteiger partial charge on any atom is -0.381 e. The van der Waals surface area contributed by atoms with Crippen LogP contribution in [-0.2, 0) is 4.74 Å². The van der Waals surface area contributed by atoms with Crippen molar-refractivity contribution in [3.63, 3.8) is 0 Å². The van der Waals surface area contributed by atoms with Gasteiger partial charge in [-0.3, -0.25) is 0 Å². The van der Waals surface area contributed by atoms with Gasteiger partial charge in [-0.25, -0.2) is 0 Å². The Morgan fingerprint density at radius 1 is 1.06 bits per heavy atom. The van der Waals surface area contributed by atoms with Crippen LogP contribution in [0.4, 0.5) is 0 Å². The van der Waals surface area contributed by atoms with Crippen molar-refractivity contribution in [2.24, 2.45) is 11.8 Å². The van der Waals surface area contributed by atoms with Gasteiger partial charge in [-0.15, -0.1) is 0 Å². The molecule has 3 atom stereocenters. The number of halogens is 1. The Hall–Kier alpha value is 0.440. The van der Waals surface area contributed by atoms with Gasteiger partial charge in [-0.05, 0) is 43.9 Å². The molecule has 0 bridgehead atoms. The van der Waals surface area contributed by atoms with Crippen molar-refractivity contribution in [2.75, 3.05) is 13.2 Å². The molecule has 0 aromatic carbocycles. The largest absolute Gasteiger partial charge is 0.381 e. The molecule has 0 radical (unpaired) electrons. The standard InChI is InChI=1S/C14H27BrO/c1-3-5-12-6-7-14(15)13(11-12)8-10-16-9-4-2/h12-14H,3-11H2,1-2H3. The second-order valence-corrected chi connectivity index (χ2v) is 6.32. The number of alkyl halides is 1. The highest BCUT2D eigenvalue weighted by Crippen LogP contribution is 2.37. The number of hydrogen-bond donors (Lipinski definition) is 0. The first-order valence-corrected chi connectivity index (χ1v) is 7.91. The molecule has 1 rings (SSSR count). The predicted octanol–water partition coefficient (Wildman–Crippen LogP) is 4.78. The summed E-state index contributed by atoms with van der Waals surface area (Å²) in [6.07, 6.45) is 9.36. The fraction of sp³-hybridized carbons (Fsp3) is 1.00. The van der Waals surface area contributed by atoms with Gasteiger partial charge in [0.1, 0.15) is 0 Å². The molecule has 2 heteroatoms. The predicted molar refractivity (Wildman–Crippen MR) is 74.2 cm³/mol. The van der Waals surface area contributed by atoms with Crippen LogP contribution in [0.1, 0.15) is 58.8 Å². The van der Waals surface area contributed by atoms with Gasteiger partial charge in [-0.2, -0.15) is 0 Å². The van der Waals surface area contributed by atoms with E-state index in [1.165, 1.54) is 38.5 Å². The Morgan fingerprint density at radius 3 is 2.56 bits per heavy atom. The van der Waals surface area contributed by atoms with Crippen molar-refractivity contribution in [2.45, 2.75) is 63.6 Å². The summed E-state index contributed by atoms with van der Waals surface area (Å²) in [5.74, 6) is 1.83. The maximum Gasteiger partial charge on any atom is 0.0469 e. The third-order valence-corrected chi connectivity index (χ3v) is 4.88. The quantitative estimate of drug-likeness (QED) is 0.484. The van der Waals surface area contributed by atoms with E-state index in [1.54, 1.807) is 0 Å². The smallest absolute Gasteiger partial charge is 0.0469 e.